The first kappa shape index (κ1) is 13.7. The number of carbonyl (C=O) groups excluding carboxylic acids is 1. The minimum Gasteiger partial charge on any atom is -0.482 e. The molecule has 1 heterocycles. The maximum atomic E-state index is 11.9. The van der Waals surface area contributed by atoms with Crippen molar-refractivity contribution >= 4 is 17.5 Å². The summed E-state index contributed by atoms with van der Waals surface area (Å²) in [5, 5.41) is 9.05. The lowest BCUT2D eigenvalue weighted by atomic mass is 10.2. The van der Waals surface area contributed by atoms with Gasteiger partial charge >= 0.3 is 0 Å². The molecule has 0 atom stereocenters. The molecule has 1 aliphatic rings. The molecule has 1 fully saturated rings. The molecule has 100 valence electrons. The Kier molecular flexibility index (Phi) is 4.61. The smallest absolute Gasteiger partial charge is 0.260 e. The minimum absolute atomic E-state index is 0.0639. The standard InChI is InChI=1S/C13H13ClN2O3/c14-11-7-10(8-15)1-2-12(11)19-9-13(17)16-3-5-18-6-4-16/h1-2,7H,3-6,9H2. The number of nitrogens with zero attached hydrogens (tertiary/aromatic N) is 2. The number of carbonyl (C=O) groups is 1. The number of hydrogen-bond donors (Lipinski definition) is 0. The Morgan fingerprint density at radius 1 is 1.47 bits per heavy atom. The zero-order chi connectivity index (χ0) is 13.7. The van der Waals surface area contributed by atoms with Crippen molar-refractivity contribution in [3.05, 3.63) is 28.8 Å². The number of amides is 1. The van der Waals surface area contributed by atoms with Crippen LogP contribution in [0.25, 0.3) is 0 Å². The van der Waals surface area contributed by atoms with E-state index in [9.17, 15) is 4.79 Å². The van der Waals surface area contributed by atoms with Crippen molar-refractivity contribution in [1.82, 2.24) is 4.90 Å². The van der Waals surface area contributed by atoms with E-state index in [1.54, 1.807) is 17.0 Å². The normalized spacial score (nSPS) is 14.8. The zero-order valence-corrected chi connectivity index (χ0v) is 11.0. The fraction of sp³-hybridized carbons (Fsp3) is 0.385. The van der Waals surface area contributed by atoms with Gasteiger partial charge in [-0.05, 0) is 18.2 Å². The van der Waals surface area contributed by atoms with Crippen molar-refractivity contribution in [2.45, 2.75) is 0 Å². The molecule has 1 amide bonds. The lowest BCUT2D eigenvalue weighted by Gasteiger charge is -2.26. The van der Waals surface area contributed by atoms with Crippen molar-refractivity contribution in [2.24, 2.45) is 0 Å². The number of nitriles is 1. The van der Waals surface area contributed by atoms with Gasteiger partial charge in [-0.15, -0.1) is 0 Å². The monoisotopic (exact) mass is 280 g/mol. The number of ether oxygens (including phenoxy) is 2. The summed E-state index contributed by atoms with van der Waals surface area (Å²) >= 11 is 5.96. The van der Waals surface area contributed by atoms with Gasteiger partial charge < -0.3 is 14.4 Å². The Bertz CT molecular complexity index is 507. The van der Waals surface area contributed by atoms with Crippen LogP contribution < -0.4 is 4.74 Å². The first-order valence-corrected chi connectivity index (χ1v) is 6.26. The van der Waals surface area contributed by atoms with E-state index in [1.807, 2.05) is 6.07 Å². The van der Waals surface area contributed by atoms with Crippen molar-refractivity contribution in [2.75, 3.05) is 32.9 Å². The van der Waals surface area contributed by atoms with Gasteiger partial charge in [0, 0.05) is 13.1 Å². The fourth-order valence-electron chi connectivity index (χ4n) is 1.73. The highest BCUT2D eigenvalue weighted by atomic mass is 35.5. The van der Waals surface area contributed by atoms with Crippen LogP contribution in [-0.2, 0) is 9.53 Å². The summed E-state index contributed by atoms with van der Waals surface area (Å²) in [6.07, 6.45) is 0. The quantitative estimate of drug-likeness (QED) is 0.841. The average Bonchev–Trinajstić information content (AvgIpc) is 2.46. The number of rotatable bonds is 3. The van der Waals surface area contributed by atoms with Crippen LogP contribution >= 0.6 is 11.6 Å². The van der Waals surface area contributed by atoms with E-state index >= 15 is 0 Å². The van der Waals surface area contributed by atoms with E-state index < -0.39 is 0 Å². The molecule has 1 aromatic carbocycles. The van der Waals surface area contributed by atoms with Crippen LogP contribution in [0.1, 0.15) is 5.56 Å². The molecule has 6 heteroatoms. The molecular weight excluding hydrogens is 268 g/mol. The molecule has 0 bridgehead atoms. The number of hydrogen-bond acceptors (Lipinski definition) is 4. The van der Waals surface area contributed by atoms with Crippen molar-refractivity contribution in [3.8, 4) is 11.8 Å². The summed E-state index contributed by atoms with van der Waals surface area (Å²) in [5.41, 5.74) is 0.455. The lowest BCUT2D eigenvalue weighted by Crippen LogP contribution is -2.42. The largest absolute Gasteiger partial charge is 0.482 e. The second-order valence-corrected chi connectivity index (χ2v) is 4.45. The van der Waals surface area contributed by atoms with Gasteiger partial charge in [0.1, 0.15) is 5.75 Å². The molecule has 1 aromatic rings. The summed E-state index contributed by atoms with van der Waals surface area (Å²) in [6, 6.07) is 6.68. The topological polar surface area (TPSA) is 62.6 Å². The first-order chi connectivity index (χ1) is 9.20. The first-order valence-electron chi connectivity index (χ1n) is 5.88. The number of halogens is 1. The molecule has 0 radical (unpaired) electrons. The Balaban J connectivity index is 1.91. The van der Waals surface area contributed by atoms with Crippen LogP contribution in [0.4, 0.5) is 0 Å². The summed E-state index contributed by atoms with van der Waals surface area (Å²) < 4.78 is 10.5. The summed E-state index contributed by atoms with van der Waals surface area (Å²) in [7, 11) is 0. The van der Waals surface area contributed by atoms with Gasteiger partial charge in [0.25, 0.3) is 5.91 Å². The Hall–Kier alpha value is -1.77. The molecule has 5 nitrogen and oxygen atoms in total. The Morgan fingerprint density at radius 2 is 2.21 bits per heavy atom. The van der Waals surface area contributed by atoms with Crippen molar-refractivity contribution < 1.29 is 14.3 Å². The van der Waals surface area contributed by atoms with Gasteiger partial charge in [0.05, 0.1) is 29.9 Å². The third kappa shape index (κ3) is 3.60. The van der Waals surface area contributed by atoms with Crippen LogP contribution in [0.15, 0.2) is 18.2 Å². The van der Waals surface area contributed by atoms with Crippen LogP contribution in [-0.4, -0.2) is 43.7 Å². The second-order valence-electron chi connectivity index (χ2n) is 4.04. The van der Waals surface area contributed by atoms with E-state index in [4.69, 9.17) is 26.3 Å². The predicted molar refractivity (Wildman–Crippen MR) is 69.1 cm³/mol. The van der Waals surface area contributed by atoms with Crippen LogP contribution in [0.5, 0.6) is 5.75 Å². The second kappa shape index (κ2) is 6.41. The molecule has 0 N–H and O–H groups in total. The highest BCUT2D eigenvalue weighted by molar-refractivity contribution is 6.32. The Labute approximate surface area is 116 Å². The average molecular weight is 281 g/mol. The van der Waals surface area contributed by atoms with Gasteiger partial charge in [0.15, 0.2) is 6.61 Å². The SMILES string of the molecule is N#Cc1ccc(OCC(=O)N2CCOCC2)c(Cl)c1. The third-order valence-electron chi connectivity index (χ3n) is 2.78. The van der Waals surface area contributed by atoms with E-state index in [0.29, 0.717) is 42.6 Å². The van der Waals surface area contributed by atoms with Gasteiger partial charge in [-0.25, -0.2) is 0 Å². The van der Waals surface area contributed by atoms with Gasteiger partial charge in [0.2, 0.25) is 0 Å². The molecular formula is C13H13ClN2O3. The number of morpholine rings is 1. The highest BCUT2D eigenvalue weighted by Gasteiger charge is 2.17. The predicted octanol–water partition coefficient (Wildman–Crippen LogP) is 1.45. The molecule has 0 spiro atoms. The lowest BCUT2D eigenvalue weighted by molar-refractivity contribution is -0.137. The van der Waals surface area contributed by atoms with E-state index in [0.717, 1.165) is 0 Å². The summed E-state index contributed by atoms with van der Waals surface area (Å²) in [5.74, 6) is 0.311. The summed E-state index contributed by atoms with van der Waals surface area (Å²) in [4.78, 5) is 13.6. The van der Waals surface area contributed by atoms with Crippen LogP contribution in [0, 0.1) is 11.3 Å². The molecule has 0 aromatic heterocycles. The maximum absolute atomic E-state index is 11.9. The van der Waals surface area contributed by atoms with E-state index in [1.165, 1.54) is 6.07 Å². The van der Waals surface area contributed by atoms with Crippen molar-refractivity contribution in [3.63, 3.8) is 0 Å². The third-order valence-corrected chi connectivity index (χ3v) is 3.07. The molecule has 2 rings (SSSR count). The molecule has 19 heavy (non-hydrogen) atoms. The number of benzene rings is 1. The van der Waals surface area contributed by atoms with Gasteiger partial charge in [-0.3, -0.25) is 4.79 Å². The molecule has 0 unspecified atom stereocenters. The zero-order valence-electron chi connectivity index (χ0n) is 10.3. The van der Waals surface area contributed by atoms with Crippen LogP contribution in [0.2, 0.25) is 5.02 Å². The molecule has 1 aliphatic heterocycles. The minimum atomic E-state index is -0.0938. The van der Waals surface area contributed by atoms with Crippen molar-refractivity contribution in [1.29, 1.82) is 5.26 Å². The molecule has 0 aliphatic carbocycles. The van der Waals surface area contributed by atoms with Gasteiger partial charge in [-0.1, -0.05) is 11.6 Å². The van der Waals surface area contributed by atoms with Gasteiger partial charge in [-0.2, -0.15) is 5.26 Å². The van der Waals surface area contributed by atoms with Crippen LogP contribution in [0.3, 0.4) is 0 Å². The highest BCUT2D eigenvalue weighted by Crippen LogP contribution is 2.25. The molecule has 0 saturated carbocycles. The fourth-order valence-corrected chi connectivity index (χ4v) is 1.97. The maximum Gasteiger partial charge on any atom is 0.260 e. The van der Waals surface area contributed by atoms with E-state index in [-0.39, 0.29) is 12.5 Å². The molecule has 1 saturated heterocycles. The Morgan fingerprint density at radius 3 is 2.84 bits per heavy atom. The summed E-state index contributed by atoms with van der Waals surface area (Å²) in [6.45, 7) is 2.23. The van der Waals surface area contributed by atoms with E-state index in [2.05, 4.69) is 0 Å².